The average Bonchev–Trinajstić information content (AvgIpc) is 2.43. The van der Waals surface area contributed by atoms with E-state index in [9.17, 15) is 4.79 Å². The van der Waals surface area contributed by atoms with Crippen molar-refractivity contribution in [1.82, 2.24) is 4.90 Å². The van der Waals surface area contributed by atoms with E-state index in [1.165, 1.54) is 0 Å². The van der Waals surface area contributed by atoms with Crippen molar-refractivity contribution in [3.63, 3.8) is 0 Å². The summed E-state index contributed by atoms with van der Waals surface area (Å²) in [5.41, 5.74) is 7.29. The van der Waals surface area contributed by atoms with E-state index < -0.39 is 0 Å². The molecular formula is C15H21BrN2O2. The molecule has 0 radical (unpaired) electrons. The molecule has 1 amide bonds. The summed E-state index contributed by atoms with van der Waals surface area (Å²) < 4.78 is 6.42. The Labute approximate surface area is 128 Å². The highest BCUT2D eigenvalue weighted by molar-refractivity contribution is 9.10. The molecule has 20 heavy (non-hydrogen) atoms. The molecule has 1 aliphatic heterocycles. The lowest BCUT2D eigenvalue weighted by molar-refractivity contribution is -0.137. The van der Waals surface area contributed by atoms with Gasteiger partial charge in [0.25, 0.3) is 0 Å². The van der Waals surface area contributed by atoms with Gasteiger partial charge in [0.2, 0.25) is 5.91 Å². The van der Waals surface area contributed by atoms with E-state index in [0.29, 0.717) is 6.42 Å². The summed E-state index contributed by atoms with van der Waals surface area (Å²) in [6.07, 6.45) is 2.18. The van der Waals surface area contributed by atoms with Crippen LogP contribution < -0.4 is 10.5 Å². The van der Waals surface area contributed by atoms with Crippen molar-refractivity contribution in [2.24, 2.45) is 5.73 Å². The van der Waals surface area contributed by atoms with E-state index in [1.54, 1.807) is 7.11 Å². The SMILES string of the molecule is CCCN1C(=O)CCC(N)C1c1cc(Br)ccc1OC. The van der Waals surface area contributed by atoms with Crippen LogP contribution in [-0.4, -0.2) is 30.5 Å². The number of nitrogens with zero attached hydrogens (tertiary/aromatic N) is 1. The fourth-order valence-corrected chi connectivity index (χ4v) is 3.20. The summed E-state index contributed by atoms with van der Waals surface area (Å²) in [6, 6.07) is 5.69. The zero-order valence-electron chi connectivity index (χ0n) is 11.9. The van der Waals surface area contributed by atoms with Crippen LogP contribution in [0.4, 0.5) is 0 Å². The standard InChI is InChI=1S/C15H21BrN2O2/c1-3-8-18-14(19)7-5-12(17)15(18)11-9-10(16)4-6-13(11)20-2/h4,6,9,12,15H,3,5,7-8,17H2,1-2H3. The van der Waals surface area contributed by atoms with E-state index in [2.05, 4.69) is 22.9 Å². The van der Waals surface area contributed by atoms with Crippen molar-refractivity contribution < 1.29 is 9.53 Å². The van der Waals surface area contributed by atoms with Gasteiger partial charge in [0.15, 0.2) is 0 Å². The Balaban J connectivity index is 2.44. The Morgan fingerprint density at radius 2 is 2.25 bits per heavy atom. The highest BCUT2D eigenvalue weighted by atomic mass is 79.9. The number of likely N-dealkylation sites (tertiary alicyclic amines) is 1. The molecule has 2 unspecified atom stereocenters. The predicted molar refractivity (Wildman–Crippen MR) is 82.6 cm³/mol. The largest absolute Gasteiger partial charge is 0.496 e. The molecule has 1 aliphatic rings. The Kier molecular flexibility index (Phi) is 5.05. The first-order valence-corrected chi connectivity index (χ1v) is 7.76. The lowest BCUT2D eigenvalue weighted by atomic mass is 9.90. The third-order valence-electron chi connectivity index (χ3n) is 3.73. The number of hydrogen-bond donors (Lipinski definition) is 1. The third-order valence-corrected chi connectivity index (χ3v) is 4.22. The van der Waals surface area contributed by atoms with E-state index in [4.69, 9.17) is 10.5 Å². The maximum Gasteiger partial charge on any atom is 0.223 e. The first kappa shape index (κ1) is 15.3. The molecule has 2 atom stereocenters. The second-order valence-corrected chi connectivity index (χ2v) is 6.04. The van der Waals surface area contributed by atoms with E-state index in [1.807, 2.05) is 23.1 Å². The minimum absolute atomic E-state index is 0.0533. The number of methoxy groups -OCH3 is 1. The number of ether oxygens (including phenoxy) is 1. The number of piperidine rings is 1. The predicted octanol–water partition coefficient (Wildman–Crippen LogP) is 2.86. The summed E-state index contributed by atoms with van der Waals surface area (Å²) in [7, 11) is 1.65. The van der Waals surface area contributed by atoms with Crippen LogP contribution in [0.3, 0.4) is 0 Å². The highest BCUT2D eigenvalue weighted by Crippen LogP contribution is 2.37. The number of benzene rings is 1. The van der Waals surface area contributed by atoms with Crippen molar-refractivity contribution in [2.45, 2.75) is 38.3 Å². The number of hydrogen-bond acceptors (Lipinski definition) is 3. The molecule has 1 aromatic rings. The van der Waals surface area contributed by atoms with Gasteiger partial charge in [-0.05, 0) is 31.0 Å². The van der Waals surface area contributed by atoms with Crippen LogP contribution in [0.25, 0.3) is 0 Å². The molecule has 1 aromatic carbocycles. The van der Waals surface area contributed by atoms with E-state index in [0.717, 1.165) is 35.2 Å². The molecule has 0 aromatic heterocycles. The Hall–Kier alpha value is -1.07. The van der Waals surface area contributed by atoms with Crippen LogP contribution in [0.1, 0.15) is 37.8 Å². The van der Waals surface area contributed by atoms with Gasteiger partial charge in [0, 0.05) is 29.0 Å². The minimum atomic E-state index is -0.108. The Bertz CT molecular complexity index is 493. The maximum atomic E-state index is 12.2. The van der Waals surface area contributed by atoms with Gasteiger partial charge in [-0.3, -0.25) is 4.79 Å². The van der Waals surface area contributed by atoms with E-state index in [-0.39, 0.29) is 18.0 Å². The average molecular weight is 341 g/mol. The van der Waals surface area contributed by atoms with Gasteiger partial charge in [-0.15, -0.1) is 0 Å². The van der Waals surface area contributed by atoms with Gasteiger partial charge in [-0.2, -0.15) is 0 Å². The molecule has 0 spiro atoms. The summed E-state index contributed by atoms with van der Waals surface area (Å²) in [5, 5.41) is 0. The highest BCUT2D eigenvalue weighted by Gasteiger charge is 2.36. The number of nitrogens with two attached hydrogens (primary N) is 1. The van der Waals surface area contributed by atoms with Crippen molar-refractivity contribution in [2.75, 3.05) is 13.7 Å². The molecule has 110 valence electrons. The van der Waals surface area contributed by atoms with Crippen molar-refractivity contribution in [3.8, 4) is 5.75 Å². The molecule has 2 N–H and O–H groups in total. The van der Waals surface area contributed by atoms with Gasteiger partial charge in [0.05, 0.1) is 13.2 Å². The Morgan fingerprint density at radius 1 is 1.50 bits per heavy atom. The van der Waals surface area contributed by atoms with Crippen molar-refractivity contribution in [3.05, 3.63) is 28.2 Å². The maximum absolute atomic E-state index is 12.2. The number of amides is 1. The van der Waals surface area contributed by atoms with Crippen LogP contribution in [0.2, 0.25) is 0 Å². The number of halogens is 1. The van der Waals surface area contributed by atoms with Crippen LogP contribution in [0.15, 0.2) is 22.7 Å². The van der Waals surface area contributed by atoms with Crippen LogP contribution in [-0.2, 0) is 4.79 Å². The van der Waals surface area contributed by atoms with Gasteiger partial charge in [-0.1, -0.05) is 22.9 Å². The quantitative estimate of drug-likeness (QED) is 0.916. The lowest BCUT2D eigenvalue weighted by Gasteiger charge is -2.40. The third kappa shape index (κ3) is 2.99. The van der Waals surface area contributed by atoms with Gasteiger partial charge in [0.1, 0.15) is 5.75 Å². The summed E-state index contributed by atoms with van der Waals surface area (Å²) in [6.45, 7) is 2.80. The number of carbonyl (C=O) groups excluding carboxylic acids is 1. The molecule has 1 fully saturated rings. The molecule has 0 aliphatic carbocycles. The molecule has 0 saturated carbocycles. The number of carbonyl (C=O) groups is 1. The van der Waals surface area contributed by atoms with E-state index >= 15 is 0 Å². The van der Waals surface area contributed by atoms with Gasteiger partial charge >= 0.3 is 0 Å². The molecule has 0 bridgehead atoms. The monoisotopic (exact) mass is 340 g/mol. The van der Waals surface area contributed by atoms with Crippen molar-refractivity contribution >= 4 is 21.8 Å². The smallest absolute Gasteiger partial charge is 0.223 e. The lowest BCUT2D eigenvalue weighted by Crippen LogP contribution is -2.49. The first-order valence-electron chi connectivity index (χ1n) is 6.97. The zero-order chi connectivity index (χ0) is 14.7. The molecule has 1 heterocycles. The van der Waals surface area contributed by atoms with Gasteiger partial charge in [-0.25, -0.2) is 0 Å². The van der Waals surface area contributed by atoms with Crippen LogP contribution in [0.5, 0.6) is 5.75 Å². The molecule has 2 rings (SSSR count). The fraction of sp³-hybridized carbons (Fsp3) is 0.533. The summed E-state index contributed by atoms with van der Waals surface area (Å²) >= 11 is 3.49. The second-order valence-electron chi connectivity index (χ2n) is 5.12. The van der Waals surface area contributed by atoms with Crippen LogP contribution in [0, 0.1) is 0 Å². The molecular weight excluding hydrogens is 320 g/mol. The summed E-state index contributed by atoms with van der Waals surface area (Å²) in [5.74, 6) is 0.963. The van der Waals surface area contributed by atoms with Crippen LogP contribution >= 0.6 is 15.9 Å². The van der Waals surface area contributed by atoms with Gasteiger partial charge < -0.3 is 15.4 Å². The van der Waals surface area contributed by atoms with Crippen molar-refractivity contribution in [1.29, 1.82) is 0 Å². The second kappa shape index (κ2) is 6.59. The molecule has 1 saturated heterocycles. The normalized spacial score (nSPS) is 23.0. The first-order chi connectivity index (χ1) is 9.58. The minimum Gasteiger partial charge on any atom is -0.496 e. The summed E-state index contributed by atoms with van der Waals surface area (Å²) in [4.78, 5) is 14.1. The Morgan fingerprint density at radius 3 is 2.90 bits per heavy atom. The number of rotatable bonds is 4. The fourth-order valence-electron chi connectivity index (χ4n) is 2.82. The molecule has 5 heteroatoms. The molecule has 4 nitrogen and oxygen atoms in total. The zero-order valence-corrected chi connectivity index (χ0v) is 13.5. The topological polar surface area (TPSA) is 55.6 Å².